The molecule has 1 fully saturated rings. The topological polar surface area (TPSA) is 42.0 Å². The number of benzene rings is 2. The van der Waals surface area contributed by atoms with Gasteiger partial charge in [-0.05, 0) is 42.2 Å². The molecule has 0 bridgehead atoms. The molecule has 1 saturated heterocycles. The first-order valence-electron chi connectivity index (χ1n) is 9.94. The highest BCUT2D eigenvalue weighted by Crippen LogP contribution is 2.25. The Morgan fingerprint density at radius 1 is 0.929 bits per heavy atom. The second kappa shape index (κ2) is 10.1. The maximum absolute atomic E-state index is 12.6. The monoisotopic (exact) mass is 382 g/mol. The van der Waals surface area contributed by atoms with E-state index in [4.69, 9.17) is 9.47 Å². The second-order valence-electron chi connectivity index (χ2n) is 7.14. The van der Waals surface area contributed by atoms with Gasteiger partial charge in [0.1, 0.15) is 11.5 Å². The Labute approximate surface area is 167 Å². The number of aryl methyl sites for hydroxylation is 1. The molecule has 0 aromatic heterocycles. The molecule has 5 heteroatoms. The van der Waals surface area contributed by atoms with E-state index in [0.29, 0.717) is 12.8 Å². The summed E-state index contributed by atoms with van der Waals surface area (Å²) < 4.78 is 10.7. The molecule has 2 aromatic rings. The maximum atomic E-state index is 12.6. The zero-order valence-electron chi connectivity index (χ0n) is 16.9. The fourth-order valence-electron chi connectivity index (χ4n) is 3.63. The van der Waals surface area contributed by atoms with E-state index in [9.17, 15) is 4.79 Å². The van der Waals surface area contributed by atoms with Crippen LogP contribution in [0.2, 0.25) is 0 Å². The number of nitrogens with zero attached hydrogens (tertiary/aromatic N) is 2. The molecule has 3 rings (SSSR count). The van der Waals surface area contributed by atoms with Crippen molar-refractivity contribution in [3.8, 4) is 11.5 Å². The molecule has 28 heavy (non-hydrogen) atoms. The summed E-state index contributed by atoms with van der Waals surface area (Å²) in [7, 11) is 3.30. The van der Waals surface area contributed by atoms with E-state index in [1.54, 1.807) is 14.2 Å². The Morgan fingerprint density at radius 2 is 1.68 bits per heavy atom. The van der Waals surface area contributed by atoms with E-state index in [1.807, 2.05) is 23.1 Å². The normalized spacial score (nSPS) is 14.7. The molecule has 0 aliphatic carbocycles. The van der Waals surface area contributed by atoms with E-state index in [-0.39, 0.29) is 5.91 Å². The van der Waals surface area contributed by atoms with Crippen LogP contribution in [0.1, 0.15) is 17.5 Å². The number of amides is 1. The SMILES string of the molecule is COc1ccc(OC)c(CCC(=O)N2CCN(CCc3ccccc3)CC2)c1. The number of piperazine rings is 1. The highest BCUT2D eigenvalue weighted by molar-refractivity contribution is 5.76. The fourth-order valence-corrected chi connectivity index (χ4v) is 3.63. The lowest BCUT2D eigenvalue weighted by Gasteiger charge is -2.35. The van der Waals surface area contributed by atoms with Crippen molar-refractivity contribution in [3.05, 3.63) is 59.7 Å². The molecule has 0 N–H and O–H groups in total. The molecule has 1 aliphatic rings. The van der Waals surface area contributed by atoms with Crippen molar-refractivity contribution in [1.82, 2.24) is 9.80 Å². The number of carbonyl (C=O) groups excluding carboxylic acids is 1. The molecule has 150 valence electrons. The second-order valence-corrected chi connectivity index (χ2v) is 7.14. The van der Waals surface area contributed by atoms with Crippen molar-refractivity contribution in [1.29, 1.82) is 0 Å². The Morgan fingerprint density at radius 3 is 2.36 bits per heavy atom. The summed E-state index contributed by atoms with van der Waals surface area (Å²) in [6.07, 6.45) is 2.21. The summed E-state index contributed by atoms with van der Waals surface area (Å²) in [5.41, 5.74) is 2.38. The molecule has 1 aliphatic heterocycles. The lowest BCUT2D eigenvalue weighted by Crippen LogP contribution is -2.49. The molecule has 2 aromatic carbocycles. The quantitative estimate of drug-likeness (QED) is 0.704. The smallest absolute Gasteiger partial charge is 0.222 e. The number of ether oxygens (including phenoxy) is 2. The van der Waals surface area contributed by atoms with Crippen molar-refractivity contribution in [2.24, 2.45) is 0 Å². The number of carbonyl (C=O) groups is 1. The van der Waals surface area contributed by atoms with Gasteiger partial charge in [-0.3, -0.25) is 9.69 Å². The summed E-state index contributed by atoms with van der Waals surface area (Å²) in [5, 5.41) is 0. The molecular weight excluding hydrogens is 352 g/mol. The third-order valence-corrected chi connectivity index (χ3v) is 5.38. The third-order valence-electron chi connectivity index (χ3n) is 5.38. The number of hydrogen-bond donors (Lipinski definition) is 0. The predicted octanol–water partition coefficient (Wildman–Crippen LogP) is 3.02. The van der Waals surface area contributed by atoms with Gasteiger partial charge in [-0.15, -0.1) is 0 Å². The van der Waals surface area contributed by atoms with Crippen LogP contribution in [0.4, 0.5) is 0 Å². The van der Waals surface area contributed by atoms with E-state index in [2.05, 4.69) is 35.2 Å². The average molecular weight is 383 g/mol. The van der Waals surface area contributed by atoms with Crippen LogP contribution in [0.3, 0.4) is 0 Å². The first-order valence-corrected chi connectivity index (χ1v) is 9.94. The lowest BCUT2D eigenvalue weighted by atomic mass is 10.1. The van der Waals surface area contributed by atoms with Gasteiger partial charge in [-0.2, -0.15) is 0 Å². The lowest BCUT2D eigenvalue weighted by molar-refractivity contribution is -0.132. The van der Waals surface area contributed by atoms with E-state index < -0.39 is 0 Å². The van der Waals surface area contributed by atoms with Crippen LogP contribution >= 0.6 is 0 Å². The van der Waals surface area contributed by atoms with Crippen molar-refractivity contribution < 1.29 is 14.3 Å². The van der Waals surface area contributed by atoms with Crippen LogP contribution < -0.4 is 9.47 Å². The van der Waals surface area contributed by atoms with Gasteiger partial charge in [-0.25, -0.2) is 0 Å². The highest BCUT2D eigenvalue weighted by atomic mass is 16.5. The summed E-state index contributed by atoms with van der Waals surface area (Å²) in [6, 6.07) is 16.3. The van der Waals surface area contributed by atoms with E-state index >= 15 is 0 Å². The van der Waals surface area contributed by atoms with Crippen molar-refractivity contribution in [3.63, 3.8) is 0 Å². The first kappa shape index (κ1) is 20.2. The van der Waals surface area contributed by atoms with Gasteiger partial charge in [0.15, 0.2) is 0 Å². The van der Waals surface area contributed by atoms with Gasteiger partial charge in [0, 0.05) is 39.1 Å². The predicted molar refractivity (Wildman–Crippen MR) is 111 cm³/mol. The van der Waals surface area contributed by atoms with Crippen LogP contribution in [0, 0.1) is 0 Å². The largest absolute Gasteiger partial charge is 0.497 e. The van der Waals surface area contributed by atoms with Crippen LogP contribution in [-0.2, 0) is 17.6 Å². The molecule has 0 spiro atoms. The average Bonchev–Trinajstić information content (AvgIpc) is 2.76. The van der Waals surface area contributed by atoms with Gasteiger partial charge >= 0.3 is 0 Å². The molecular formula is C23H30N2O3. The van der Waals surface area contributed by atoms with Gasteiger partial charge in [-0.1, -0.05) is 30.3 Å². The number of hydrogen-bond acceptors (Lipinski definition) is 4. The molecule has 0 saturated carbocycles. The van der Waals surface area contributed by atoms with Gasteiger partial charge in [0.2, 0.25) is 5.91 Å². The minimum absolute atomic E-state index is 0.215. The van der Waals surface area contributed by atoms with Crippen LogP contribution in [0.15, 0.2) is 48.5 Å². The van der Waals surface area contributed by atoms with Crippen molar-refractivity contribution in [2.45, 2.75) is 19.3 Å². The molecule has 0 atom stereocenters. The van der Waals surface area contributed by atoms with Crippen molar-refractivity contribution >= 4 is 5.91 Å². The fraction of sp³-hybridized carbons (Fsp3) is 0.435. The molecule has 1 amide bonds. The molecule has 1 heterocycles. The summed E-state index contributed by atoms with van der Waals surface area (Å²) >= 11 is 0. The zero-order chi connectivity index (χ0) is 19.8. The first-order chi connectivity index (χ1) is 13.7. The highest BCUT2D eigenvalue weighted by Gasteiger charge is 2.21. The third kappa shape index (κ3) is 5.49. The Hall–Kier alpha value is -2.53. The van der Waals surface area contributed by atoms with Crippen LogP contribution in [0.25, 0.3) is 0 Å². The summed E-state index contributed by atoms with van der Waals surface area (Å²) in [6.45, 7) is 4.56. The minimum atomic E-state index is 0.215. The van der Waals surface area contributed by atoms with Gasteiger partial charge in [0.05, 0.1) is 14.2 Å². The zero-order valence-corrected chi connectivity index (χ0v) is 16.9. The van der Waals surface area contributed by atoms with Crippen LogP contribution in [0.5, 0.6) is 11.5 Å². The van der Waals surface area contributed by atoms with E-state index in [0.717, 1.165) is 56.2 Å². The molecule has 0 unspecified atom stereocenters. The maximum Gasteiger partial charge on any atom is 0.222 e. The van der Waals surface area contributed by atoms with Crippen LogP contribution in [-0.4, -0.2) is 62.7 Å². The Bertz CT molecular complexity index is 756. The van der Waals surface area contributed by atoms with Crippen molar-refractivity contribution in [2.75, 3.05) is 46.9 Å². The van der Waals surface area contributed by atoms with Gasteiger partial charge < -0.3 is 14.4 Å². The Kier molecular flexibility index (Phi) is 7.31. The summed E-state index contributed by atoms with van der Waals surface area (Å²) in [5.74, 6) is 1.81. The Balaban J connectivity index is 1.44. The standard InChI is InChI=1S/C23H30N2O3/c1-27-21-9-10-22(28-2)20(18-21)8-11-23(26)25-16-14-24(15-17-25)13-12-19-6-4-3-5-7-19/h3-7,9-10,18H,8,11-17H2,1-2H3. The van der Waals surface area contributed by atoms with Gasteiger partial charge in [0.25, 0.3) is 0 Å². The summed E-state index contributed by atoms with van der Waals surface area (Å²) in [4.78, 5) is 17.1. The minimum Gasteiger partial charge on any atom is -0.497 e. The molecule has 0 radical (unpaired) electrons. The van der Waals surface area contributed by atoms with E-state index in [1.165, 1.54) is 5.56 Å². The number of methoxy groups -OCH3 is 2. The molecule has 5 nitrogen and oxygen atoms in total. The number of rotatable bonds is 8.